The summed E-state index contributed by atoms with van der Waals surface area (Å²) in [5.74, 6) is -0.230. The van der Waals surface area contributed by atoms with Gasteiger partial charge in [-0.05, 0) is 38.1 Å². The Morgan fingerprint density at radius 2 is 1.87 bits per heavy atom. The topological polar surface area (TPSA) is 67.2 Å². The molecule has 122 valence electrons. The van der Waals surface area contributed by atoms with E-state index in [9.17, 15) is 9.59 Å². The summed E-state index contributed by atoms with van der Waals surface area (Å²) in [5.41, 5.74) is 1.23. The molecule has 6 nitrogen and oxygen atoms in total. The van der Waals surface area contributed by atoms with Gasteiger partial charge in [-0.2, -0.15) is 5.10 Å². The lowest BCUT2D eigenvalue weighted by Crippen LogP contribution is -2.30. The minimum atomic E-state index is -0.215. The number of halogens is 1. The number of hydrogen-bond donors (Lipinski definition) is 1. The minimum absolute atomic E-state index is 0.0148. The molecule has 0 saturated heterocycles. The van der Waals surface area contributed by atoms with Gasteiger partial charge in [0.2, 0.25) is 5.91 Å². The van der Waals surface area contributed by atoms with Crippen LogP contribution in [0.5, 0.6) is 0 Å². The van der Waals surface area contributed by atoms with Crippen LogP contribution in [0.2, 0.25) is 5.02 Å². The first-order chi connectivity index (χ1) is 11.0. The lowest BCUT2D eigenvalue weighted by molar-refractivity contribution is -0.116. The Bertz CT molecular complexity index is 678. The molecule has 2 rings (SSSR count). The van der Waals surface area contributed by atoms with Gasteiger partial charge in [0.05, 0.1) is 11.2 Å². The molecule has 0 spiro atoms. The van der Waals surface area contributed by atoms with E-state index in [2.05, 4.69) is 10.4 Å². The van der Waals surface area contributed by atoms with Crippen LogP contribution in [-0.4, -0.2) is 39.6 Å². The van der Waals surface area contributed by atoms with E-state index < -0.39 is 0 Å². The predicted molar refractivity (Wildman–Crippen MR) is 89.6 cm³/mol. The van der Waals surface area contributed by atoms with E-state index in [0.717, 1.165) is 0 Å². The molecule has 1 aromatic carbocycles. The van der Waals surface area contributed by atoms with Crippen LogP contribution in [0.4, 0.5) is 5.69 Å². The number of carbonyl (C=O) groups excluding carboxylic acids is 2. The molecule has 0 atom stereocenters. The van der Waals surface area contributed by atoms with Crippen LogP contribution in [0.25, 0.3) is 0 Å². The molecule has 2 amide bonds. The standard InChI is InChI=1S/C16H19ClN4O2/c1-3-20(4-2)16(23)12-5-7-14(8-6-12)19-15(22)11-21-10-13(17)9-18-21/h5-10H,3-4,11H2,1-2H3,(H,19,22). The van der Waals surface area contributed by atoms with Gasteiger partial charge < -0.3 is 10.2 Å². The summed E-state index contributed by atoms with van der Waals surface area (Å²) in [7, 11) is 0. The predicted octanol–water partition coefficient (Wildman–Crippen LogP) is 2.66. The molecule has 0 unspecified atom stereocenters. The number of amides is 2. The fraction of sp³-hybridized carbons (Fsp3) is 0.312. The number of aromatic nitrogens is 2. The number of rotatable bonds is 6. The number of carbonyl (C=O) groups is 2. The maximum Gasteiger partial charge on any atom is 0.253 e. The molecular formula is C16H19ClN4O2. The summed E-state index contributed by atoms with van der Waals surface area (Å²) in [4.78, 5) is 25.9. The number of anilines is 1. The second-order valence-electron chi connectivity index (χ2n) is 4.96. The summed E-state index contributed by atoms with van der Waals surface area (Å²) in [6, 6.07) is 6.84. The van der Waals surface area contributed by atoms with Gasteiger partial charge in [-0.25, -0.2) is 0 Å². The smallest absolute Gasteiger partial charge is 0.253 e. The Morgan fingerprint density at radius 1 is 1.22 bits per heavy atom. The molecule has 0 aliphatic carbocycles. The Hall–Kier alpha value is -2.34. The maximum absolute atomic E-state index is 12.2. The lowest BCUT2D eigenvalue weighted by Gasteiger charge is -2.18. The van der Waals surface area contributed by atoms with E-state index in [-0.39, 0.29) is 18.4 Å². The summed E-state index contributed by atoms with van der Waals surface area (Å²) in [5, 5.41) is 7.19. The third kappa shape index (κ3) is 4.56. The van der Waals surface area contributed by atoms with Gasteiger partial charge in [-0.15, -0.1) is 0 Å². The zero-order valence-corrected chi connectivity index (χ0v) is 13.9. The van der Waals surface area contributed by atoms with Crippen molar-refractivity contribution in [2.75, 3.05) is 18.4 Å². The average Bonchev–Trinajstić information content (AvgIpc) is 2.94. The van der Waals surface area contributed by atoms with Crippen LogP contribution < -0.4 is 5.32 Å². The van der Waals surface area contributed by atoms with Gasteiger partial charge in [0, 0.05) is 30.5 Å². The molecule has 2 aromatic rings. The summed E-state index contributed by atoms with van der Waals surface area (Å²) < 4.78 is 1.45. The first-order valence-electron chi connectivity index (χ1n) is 7.40. The van der Waals surface area contributed by atoms with Crippen LogP contribution in [0.15, 0.2) is 36.7 Å². The van der Waals surface area contributed by atoms with Crippen molar-refractivity contribution in [2.24, 2.45) is 0 Å². The van der Waals surface area contributed by atoms with Gasteiger partial charge in [0.25, 0.3) is 5.91 Å². The van der Waals surface area contributed by atoms with E-state index >= 15 is 0 Å². The Labute approximate surface area is 140 Å². The van der Waals surface area contributed by atoms with Crippen molar-refractivity contribution in [3.8, 4) is 0 Å². The van der Waals surface area contributed by atoms with Gasteiger partial charge in [0.15, 0.2) is 0 Å². The Balaban J connectivity index is 1.96. The van der Waals surface area contributed by atoms with Gasteiger partial charge in [0.1, 0.15) is 6.54 Å². The van der Waals surface area contributed by atoms with Crippen molar-refractivity contribution in [1.29, 1.82) is 0 Å². The summed E-state index contributed by atoms with van der Waals surface area (Å²) in [6.07, 6.45) is 3.05. The third-order valence-corrected chi connectivity index (χ3v) is 3.57. The molecule has 23 heavy (non-hydrogen) atoms. The van der Waals surface area contributed by atoms with Crippen molar-refractivity contribution >= 4 is 29.1 Å². The molecule has 0 saturated carbocycles. The molecule has 7 heteroatoms. The minimum Gasteiger partial charge on any atom is -0.339 e. The molecule has 0 fully saturated rings. The highest BCUT2D eigenvalue weighted by molar-refractivity contribution is 6.30. The van der Waals surface area contributed by atoms with Crippen molar-refractivity contribution in [3.63, 3.8) is 0 Å². The maximum atomic E-state index is 12.2. The van der Waals surface area contributed by atoms with Gasteiger partial charge in [-0.3, -0.25) is 14.3 Å². The highest BCUT2D eigenvalue weighted by Crippen LogP contribution is 2.12. The van der Waals surface area contributed by atoms with Crippen LogP contribution in [0, 0.1) is 0 Å². The summed E-state index contributed by atoms with van der Waals surface area (Å²) >= 11 is 5.75. The van der Waals surface area contributed by atoms with Crippen molar-refractivity contribution < 1.29 is 9.59 Å². The quantitative estimate of drug-likeness (QED) is 0.883. The summed E-state index contributed by atoms with van der Waals surface area (Å²) in [6.45, 7) is 5.29. The zero-order valence-electron chi connectivity index (χ0n) is 13.1. The van der Waals surface area contributed by atoms with E-state index in [1.165, 1.54) is 10.9 Å². The average molecular weight is 335 g/mol. The fourth-order valence-corrected chi connectivity index (χ4v) is 2.32. The molecule has 0 radical (unpaired) electrons. The van der Waals surface area contributed by atoms with Crippen molar-refractivity contribution in [3.05, 3.63) is 47.2 Å². The van der Waals surface area contributed by atoms with Gasteiger partial charge >= 0.3 is 0 Å². The third-order valence-electron chi connectivity index (χ3n) is 3.37. The molecule has 1 N–H and O–H groups in total. The number of nitrogens with one attached hydrogen (secondary N) is 1. The molecule has 0 aliphatic rings. The van der Waals surface area contributed by atoms with Crippen molar-refractivity contribution in [2.45, 2.75) is 20.4 Å². The monoisotopic (exact) mass is 334 g/mol. The number of nitrogens with zero attached hydrogens (tertiary/aromatic N) is 3. The van der Waals surface area contributed by atoms with E-state index in [1.807, 2.05) is 13.8 Å². The molecule has 1 aromatic heterocycles. The number of hydrogen-bond acceptors (Lipinski definition) is 3. The molecule has 1 heterocycles. The van der Waals surface area contributed by atoms with E-state index in [0.29, 0.717) is 29.4 Å². The molecular weight excluding hydrogens is 316 g/mol. The highest BCUT2D eigenvalue weighted by atomic mass is 35.5. The SMILES string of the molecule is CCN(CC)C(=O)c1ccc(NC(=O)Cn2cc(Cl)cn2)cc1. The van der Waals surface area contributed by atoms with E-state index in [1.54, 1.807) is 35.4 Å². The molecule has 0 bridgehead atoms. The molecule has 0 aliphatic heterocycles. The number of benzene rings is 1. The lowest BCUT2D eigenvalue weighted by atomic mass is 10.1. The van der Waals surface area contributed by atoms with Crippen molar-refractivity contribution in [1.82, 2.24) is 14.7 Å². The zero-order chi connectivity index (χ0) is 16.8. The highest BCUT2D eigenvalue weighted by Gasteiger charge is 2.12. The van der Waals surface area contributed by atoms with Gasteiger partial charge in [-0.1, -0.05) is 11.6 Å². The Kier molecular flexibility index (Phi) is 5.76. The Morgan fingerprint density at radius 3 is 2.39 bits per heavy atom. The van der Waals surface area contributed by atoms with E-state index in [4.69, 9.17) is 11.6 Å². The fourth-order valence-electron chi connectivity index (χ4n) is 2.16. The van der Waals surface area contributed by atoms with Crippen LogP contribution in [0.3, 0.4) is 0 Å². The first kappa shape index (κ1) is 17.0. The normalized spacial score (nSPS) is 10.4. The first-order valence-corrected chi connectivity index (χ1v) is 7.78. The largest absolute Gasteiger partial charge is 0.339 e. The van der Waals surface area contributed by atoms with Crippen LogP contribution >= 0.6 is 11.6 Å². The second kappa shape index (κ2) is 7.78. The van der Waals surface area contributed by atoms with Crippen LogP contribution in [0.1, 0.15) is 24.2 Å². The second-order valence-corrected chi connectivity index (χ2v) is 5.40. The van der Waals surface area contributed by atoms with Crippen LogP contribution in [-0.2, 0) is 11.3 Å².